The van der Waals surface area contributed by atoms with Gasteiger partial charge in [-0.15, -0.1) is 0 Å². The summed E-state index contributed by atoms with van der Waals surface area (Å²) in [7, 11) is 0. The standard InChI is InChI=1S/C15H21N3/c1-12-9-17-18(11-12)14-7-5-13(6-8-14)10-16-15(2,3)4/h5-9,11,16H,10H2,1-4H3. The number of nitrogens with one attached hydrogen (secondary N) is 1. The third-order valence-electron chi connectivity index (χ3n) is 2.74. The molecule has 0 bridgehead atoms. The second-order valence-electron chi connectivity index (χ2n) is 5.73. The number of benzene rings is 1. The van der Waals surface area contributed by atoms with Crippen LogP contribution in [0.25, 0.3) is 5.69 Å². The molecule has 0 aliphatic rings. The van der Waals surface area contributed by atoms with Gasteiger partial charge in [0.1, 0.15) is 0 Å². The normalized spacial score (nSPS) is 11.8. The summed E-state index contributed by atoms with van der Waals surface area (Å²) < 4.78 is 1.90. The smallest absolute Gasteiger partial charge is 0.0645 e. The fourth-order valence-electron chi connectivity index (χ4n) is 1.69. The first kappa shape index (κ1) is 12.8. The molecule has 1 aromatic carbocycles. The van der Waals surface area contributed by atoms with E-state index in [2.05, 4.69) is 55.5 Å². The third-order valence-corrected chi connectivity index (χ3v) is 2.74. The molecule has 3 heteroatoms. The number of nitrogens with zero attached hydrogens (tertiary/aromatic N) is 2. The Labute approximate surface area is 109 Å². The molecule has 0 radical (unpaired) electrons. The molecular weight excluding hydrogens is 222 g/mol. The minimum atomic E-state index is 0.151. The lowest BCUT2D eigenvalue weighted by Gasteiger charge is -2.20. The van der Waals surface area contributed by atoms with Crippen LogP contribution >= 0.6 is 0 Å². The Kier molecular flexibility index (Phi) is 3.53. The van der Waals surface area contributed by atoms with Gasteiger partial charge < -0.3 is 5.32 Å². The zero-order valence-corrected chi connectivity index (χ0v) is 11.6. The first-order valence-electron chi connectivity index (χ1n) is 6.30. The molecule has 0 saturated heterocycles. The van der Waals surface area contributed by atoms with Crippen LogP contribution in [0.5, 0.6) is 0 Å². The average Bonchev–Trinajstić information content (AvgIpc) is 2.73. The molecule has 0 saturated carbocycles. The van der Waals surface area contributed by atoms with Gasteiger partial charge in [-0.2, -0.15) is 5.10 Å². The Morgan fingerprint density at radius 3 is 2.33 bits per heavy atom. The lowest BCUT2D eigenvalue weighted by atomic mass is 10.1. The first-order chi connectivity index (χ1) is 8.44. The monoisotopic (exact) mass is 243 g/mol. The van der Waals surface area contributed by atoms with E-state index in [-0.39, 0.29) is 5.54 Å². The molecule has 18 heavy (non-hydrogen) atoms. The van der Waals surface area contributed by atoms with E-state index >= 15 is 0 Å². The Morgan fingerprint density at radius 1 is 1.17 bits per heavy atom. The van der Waals surface area contributed by atoms with E-state index in [1.165, 1.54) is 11.1 Å². The molecule has 0 aliphatic carbocycles. The van der Waals surface area contributed by atoms with E-state index in [4.69, 9.17) is 0 Å². The van der Waals surface area contributed by atoms with E-state index in [1.54, 1.807) is 0 Å². The van der Waals surface area contributed by atoms with Crippen LogP contribution < -0.4 is 5.32 Å². The molecule has 0 spiro atoms. The summed E-state index contributed by atoms with van der Waals surface area (Å²) in [6.07, 6.45) is 3.90. The maximum atomic E-state index is 4.30. The summed E-state index contributed by atoms with van der Waals surface area (Å²) in [6.45, 7) is 9.46. The third kappa shape index (κ3) is 3.44. The van der Waals surface area contributed by atoms with Crippen molar-refractivity contribution < 1.29 is 0 Å². The number of aromatic nitrogens is 2. The number of hydrogen-bond acceptors (Lipinski definition) is 2. The Morgan fingerprint density at radius 2 is 1.83 bits per heavy atom. The minimum Gasteiger partial charge on any atom is -0.308 e. The molecule has 96 valence electrons. The van der Waals surface area contributed by atoms with Crippen LogP contribution in [0.4, 0.5) is 0 Å². The maximum absolute atomic E-state index is 4.30. The van der Waals surface area contributed by atoms with Crippen LogP contribution in [0, 0.1) is 6.92 Å². The fraction of sp³-hybridized carbons (Fsp3) is 0.400. The Balaban J connectivity index is 2.06. The highest BCUT2D eigenvalue weighted by molar-refractivity contribution is 5.34. The van der Waals surface area contributed by atoms with E-state index in [0.29, 0.717) is 0 Å². The van der Waals surface area contributed by atoms with Gasteiger partial charge in [-0.1, -0.05) is 12.1 Å². The van der Waals surface area contributed by atoms with Crippen LogP contribution in [-0.4, -0.2) is 15.3 Å². The summed E-state index contributed by atoms with van der Waals surface area (Å²) in [6, 6.07) is 8.49. The summed E-state index contributed by atoms with van der Waals surface area (Å²) >= 11 is 0. The van der Waals surface area contributed by atoms with E-state index in [1.807, 2.05) is 24.0 Å². The molecule has 1 heterocycles. The van der Waals surface area contributed by atoms with Crippen LogP contribution in [0.1, 0.15) is 31.9 Å². The van der Waals surface area contributed by atoms with Gasteiger partial charge in [-0.25, -0.2) is 4.68 Å². The number of hydrogen-bond donors (Lipinski definition) is 1. The maximum Gasteiger partial charge on any atom is 0.0645 e. The van der Waals surface area contributed by atoms with Crippen molar-refractivity contribution in [2.24, 2.45) is 0 Å². The minimum absolute atomic E-state index is 0.151. The van der Waals surface area contributed by atoms with E-state index in [0.717, 1.165) is 12.2 Å². The molecular formula is C15H21N3. The molecule has 0 fully saturated rings. The first-order valence-corrected chi connectivity index (χ1v) is 6.30. The highest BCUT2D eigenvalue weighted by Crippen LogP contribution is 2.11. The van der Waals surface area contributed by atoms with Crippen LogP contribution in [0.15, 0.2) is 36.7 Å². The van der Waals surface area contributed by atoms with Crippen molar-refractivity contribution in [2.75, 3.05) is 0 Å². The fourth-order valence-corrected chi connectivity index (χ4v) is 1.69. The number of rotatable bonds is 3. The quantitative estimate of drug-likeness (QED) is 0.898. The van der Waals surface area contributed by atoms with Gasteiger partial charge in [0.15, 0.2) is 0 Å². The van der Waals surface area contributed by atoms with E-state index in [9.17, 15) is 0 Å². The zero-order chi connectivity index (χ0) is 13.2. The molecule has 2 aromatic rings. The predicted molar refractivity (Wildman–Crippen MR) is 74.9 cm³/mol. The van der Waals surface area contributed by atoms with Crippen molar-refractivity contribution in [1.29, 1.82) is 0 Å². The highest BCUT2D eigenvalue weighted by atomic mass is 15.3. The molecule has 0 atom stereocenters. The van der Waals surface area contributed by atoms with Gasteiger partial charge in [0.05, 0.1) is 11.9 Å². The second-order valence-corrected chi connectivity index (χ2v) is 5.73. The molecule has 1 aromatic heterocycles. The average molecular weight is 243 g/mol. The van der Waals surface area contributed by atoms with Gasteiger partial charge in [-0.3, -0.25) is 0 Å². The van der Waals surface area contributed by atoms with E-state index < -0.39 is 0 Å². The molecule has 0 amide bonds. The van der Waals surface area contributed by atoms with Gasteiger partial charge in [0, 0.05) is 18.3 Å². The molecule has 2 rings (SSSR count). The Bertz CT molecular complexity index is 503. The summed E-state index contributed by atoms with van der Waals surface area (Å²) in [5, 5.41) is 7.78. The van der Waals surface area contributed by atoms with Crippen molar-refractivity contribution in [3.05, 3.63) is 47.8 Å². The molecule has 0 unspecified atom stereocenters. The summed E-state index contributed by atoms with van der Waals surface area (Å²) in [5.41, 5.74) is 3.71. The number of aryl methyl sites for hydroxylation is 1. The molecule has 3 nitrogen and oxygen atoms in total. The SMILES string of the molecule is Cc1cnn(-c2ccc(CNC(C)(C)C)cc2)c1. The molecule has 0 aliphatic heterocycles. The predicted octanol–water partition coefficient (Wildman–Crippen LogP) is 3.07. The van der Waals surface area contributed by atoms with Crippen molar-refractivity contribution in [2.45, 2.75) is 39.8 Å². The van der Waals surface area contributed by atoms with Crippen LogP contribution in [0.2, 0.25) is 0 Å². The van der Waals surface area contributed by atoms with Crippen molar-refractivity contribution in [1.82, 2.24) is 15.1 Å². The van der Waals surface area contributed by atoms with Crippen molar-refractivity contribution >= 4 is 0 Å². The lowest BCUT2D eigenvalue weighted by Crippen LogP contribution is -2.35. The van der Waals surface area contributed by atoms with Gasteiger partial charge in [-0.05, 0) is 51.0 Å². The van der Waals surface area contributed by atoms with Crippen LogP contribution in [-0.2, 0) is 6.54 Å². The zero-order valence-electron chi connectivity index (χ0n) is 11.6. The largest absolute Gasteiger partial charge is 0.308 e. The highest BCUT2D eigenvalue weighted by Gasteiger charge is 2.08. The van der Waals surface area contributed by atoms with Gasteiger partial charge in [0.2, 0.25) is 0 Å². The van der Waals surface area contributed by atoms with Gasteiger partial charge >= 0.3 is 0 Å². The topological polar surface area (TPSA) is 29.9 Å². The van der Waals surface area contributed by atoms with Crippen molar-refractivity contribution in [3.8, 4) is 5.69 Å². The lowest BCUT2D eigenvalue weighted by molar-refractivity contribution is 0.424. The van der Waals surface area contributed by atoms with Crippen LogP contribution in [0.3, 0.4) is 0 Å². The second kappa shape index (κ2) is 4.94. The van der Waals surface area contributed by atoms with Crippen molar-refractivity contribution in [3.63, 3.8) is 0 Å². The Hall–Kier alpha value is -1.61. The molecule has 1 N–H and O–H groups in total. The summed E-state index contributed by atoms with van der Waals surface area (Å²) in [4.78, 5) is 0. The van der Waals surface area contributed by atoms with Gasteiger partial charge in [0.25, 0.3) is 0 Å². The summed E-state index contributed by atoms with van der Waals surface area (Å²) in [5.74, 6) is 0.